The minimum atomic E-state index is 0.370. The Morgan fingerprint density at radius 2 is 0.836 bits per heavy atom. The maximum Gasteiger partial charge on any atom is 0.145 e. The molecule has 5 aromatic heterocycles. The van der Waals surface area contributed by atoms with E-state index in [1.54, 1.807) is 11.3 Å². The summed E-state index contributed by atoms with van der Waals surface area (Å²) in [6.45, 7) is 0. The second-order valence-corrected chi connectivity index (χ2v) is 20.0. The number of hydrogen-bond donors (Lipinski definition) is 0. The fourth-order valence-corrected chi connectivity index (χ4v) is 13.4. The summed E-state index contributed by atoms with van der Waals surface area (Å²) in [6.07, 6.45) is 0. The maximum atomic E-state index is 12.5. The Bertz CT molecular complexity index is 4940. The van der Waals surface area contributed by atoms with Crippen LogP contribution in [0, 0.1) is 22.7 Å². The van der Waals surface area contributed by atoms with Gasteiger partial charge in [-0.1, -0.05) is 146 Å². The van der Waals surface area contributed by atoms with Crippen LogP contribution >= 0.6 is 11.3 Å². The Balaban J connectivity index is 1.20. The molecule has 7 heteroatoms. The average Bonchev–Trinajstić information content (AvgIpc) is 4.26. The van der Waals surface area contributed by atoms with Crippen LogP contribution in [-0.2, 0) is 0 Å². The van der Waals surface area contributed by atoms with Gasteiger partial charge in [0.2, 0.25) is 0 Å². The van der Waals surface area contributed by atoms with Crippen molar-refractivity contribution in [3.05, 3.63) is 223 Å². The van der Waals surface area contributed by atoms with Crippen LogP contribution in [0.4, 0.5) is 0 Å². The first-order valence-corrected chi connectivity index (χ1v) is 25.2. The molecule has 0 aliphatic heterocycles. The highest BCUT2D eigenvalue weighted by molar-refractivity contribution is 7.25. The predicted molar refractivity (Wildman–Crippen MR) is 302 cm³/mol. The summed E-state index contributed by atoms with van der Waals surface area (Å²) < 4.78 is 16.1. The molecular formula is C66H35N5OS. The SMILES string of the molecule is N#Cc1c(-n2c3ccccc3c3ccccc32)c(-c2ccc3sc4ccccc4c3c2)c(-n2c3ccccc3c3ccccc32)c(C#N)c1-n1c2ccc3ccccc3c2c2c3oc4ccccc4c3ccc21. The Labute approximate surface area is 419 Å². The van der Waals surface area contributed by atoms with E-state index in [0.717, 1.165) is 125 Å². The van der Waals surface area contributed by atoms with Gasteiger partial charge < -0.3 is 18.1 Å². The Morgan fingerprint density at radius 1 is 0.356 bits per heavy atom. The molecule has 0 aliphatic rings. The van der Waals surface area contributed by atoms with E-state index in [9.17, 15) is 10.5 Å². The van der Waals surface area contributed by atoms with Crippen LogP contribution in [0.1, 0.15) is 11.1 Å². The Morgan fingerprint density at radius 3 is 1.45 bits per heavy atom. The molecule has 0 saturated carbocycles. The van der Waals surface area contributed by atoms with Crippen molar-refractivity contribution in [1.29, 1.82) is 10.5 Å². The van der Waals surface area contributed by atoms with Crippen molar-refractivity contribution < 1.29 is 4.42 Å². The van der Waals surface area contributed by atoms with Crippen LogP contribution in [-0.4, -0.2) is 13.7 Å². The Hall–Kier alpha value is -9.92. The number of nitrogens with zero attached hydrogens (tertiary/aromatic N) is 5. The van der Waals surface area contributed by atoms with Crippen LogP contribution in [0.3, 0.4) is 0 Å². The van der Waals surface area contributed by atoms with E-state index in [-0.39, 0.29) is 0 Å². The molecule has 0 amide bonds. The van der Waals surface area contributed by atoms with Gasteiger partial charge in [-0.2, -0.15) is 10.5 Å². The monoisotopic (exact) mass is 945 g/mol. The molecule has 0 unspecified atom stereocenters. The number of furan rings is 1. The van der Waals surface area contributed by atoms with Gasteiger partial charge in [0, 0.05) is 63.4 Å². The normalized spacial score (nSPS) is 12.1. The molecule has 0 aliphatic carbocycles. The van der Waals surface area contributed by atoms with Crippen LogP contribution in [0.5, 0.6) is 0 Å². The van der Waals surface area contributed by atoms with Crippen molar-refractivity contribution >= 4 is 130 Å². The molecule has 0 atom stereocenters. The van der Waals surface area contributed by atoms with Gasteiger partial charge in [-0.25, -0.2) is 0 Å². The molecule has 0 spiro atoms. The third kappa shape index (κ3) is 5.28. The maximum absolute atomic E-state index is 12.5. The van der Waals surface area contributed by atoms with Crippen molar-refractivity contribution in [3.8, 4) is 40.3 Å². The number of rotatable bonds is 4. The highest BCUT2D eigenvalue weighted by Gasteiger charge is 2.34. The molecule has 11 aromatic carbocycles. The van der Waals surface area contributed by atoms with Crippen LogP contribution in [0.15, 0.2) is 217 Å². The van der Waals surface area contributed by atoms with Gasteiger partial charge in [-0.05, 0) is 83.1 Å². The van der Waals surface area contributed by atoms with Gasteiger partial charge in [0.05, 0.1) is 55.5 Å². The van der Waals surface area contributed by atoms with E-state index in [1.165, 1.54) is 4.70 Å². The quantitative estimate of drug-likeness (QED) is 0.176. The predicted octanol–water partition coefficient (Wildman–Crippen LogP) is 17.8. The zero-order chi connectivity index (χ0) is 48.1. The topological polar surface area (TPSA) is 75.5 Å². The van der Waals surface area contributed by atoms with E-state index in [1.807, 2.05) is 18.2 Å². The minimum absolute atomic E-state index is 0.370. The van der Waals surface area contributed by atoms with Gasteiger partial charge in [0.1, 0.15) is 34.4 Å². The summed E-state index contributed by atoms with van der Waals surface area (Å²) in [7, 11) is 0. The van der Waals surface area contributed by atoms with Crippen molar-refractivity contribution in [3.63, 3.8) is 0 Å². The van der Waals surface area contributed by atoms with E-state index in [2.05, 4.69) is 220 Å². The molecule has 0 bridgehead atoms. The molecule has 6 nitrogen and oxygen atoms in total. The molecule has 336 valence electrons. The fraction of sp³-hybridized carbons (Fsp3) is 0. The fourth-order valence-electron chi connectivity index (χ4n) is 12.4. The molecule has 0 radical (unpaired) electrons. The molecule has 0 N–H and O–H groups in total. The van der Waals surface area contributed by atoms with Gasteiger partial charge in [0.25, 0.3) is 0 Å². The number of thiophene rings is 1. The smallest absolute Gasteiger partial charge is 0.145 e. The summed E-state index contributed by atoms with van der Waals surface area (Å²) in [6, 6.07) is 80.1. The van der Waals surface area contributed by atoms with Crippen LogP contribution in [0.25, 0.3) is 146 Å². The summed E-state index contributed by atoms with van der Waals surface area (Å²) in [5.41, 5.74) is 11.3. The van der Waals surface area contributed by atoms with E-state index in [0.29, 0.717) is 28.2 Å². The number of nitriles is 2. The number of fused-ring (bicyclic) bond motifs is 18. The van der Waals surface area contributed by atoms with E-state index >= 15 is 0 Å². The summed E-state index contributed by atoms with van der Waals surface area (Å²) in [5.74, 6) is 0. The van der Waals surface area contributed by atoms with Crippen molar-refractivity contribution in [2.75, 3.05) is 0 Å². The largest absolute Gasteiger partial charge is 0.455 e. The van der Waals surface area contributed by atoms with Crippen molar-refractivity contribution in [2.24, 2.45) is 0 Å². The van der Waals surface area contributed by atoms with Gasteiger partial charge >= 0.3 is 0 Å². The van der Waals surface area contributed by atoms with E-state index < -0.39 is 0 Å². The molecule has 5 heterocycles. The highest BCUT2D eigenvalue weighted by Crippen LogP contribution is 2.51. The first kappa shape index (κ1) is 39.9. The highest BCUT2D eigenvalue weighted by atomic mass is 32.1. The first-order chi connectivity index (χ1) is 36.2. The number of aromatic nitrogens is 3. The third-order valence-electron chi connectivity index (χ3n) is 15.3. The summed E-state index contributed by atoms with van der Waals surface area (Å²) in [5, 5.41) is 37.5. The zero-order valence-electron chi connectivity index (χ0n) is 38.8. The second kappa shape index (κ2) is 14.8. The third-order valence-corrected chi connectivity index (χ3v) is 16.5. The van der Waals surface area contributed by atoms with Gasteiger partial charge in [-0.15, -0.1) is 11.3 Å². The molecule has 0 fully saturated rings. The standard InChI is InChI=1S/C66H35N5OS/c67-36-49-63(71-55-32-29-38-15-1-2-16-40(38)61(55)62-56(71)33-31-47-45-21-7-13-27-57(45)72-66(47)62)50(37-68)65(70-53-25-11-5-19-43(53)44-20-6-12-26-54(44)70)60(39-30-34-59-48(35-39)46-22-8-14-28-58(46)73-59)64(49)69-51-23-9-3-17-41(51)42-18-4-10-24-52(42)69/h1-35H. The summed E-state index contributed by atoms with van der Waals surface area (Å²) in [4.78, 5) is 0. The number of benzene rings is 11. The summed E-state index contributed by atoms with van der Waals surface area (Å²) >= 11 is 1.77. The minimum Gasteiger partial charge on any atom is -0.455 e. The van der Waals surface area contributed by atoms with E-state index in [4.69, 9.17) is 4.42 Å². The average molecular weight is 946 g/mol. The van der Waals surface area contributed by atoms with Gasteiger partial charge in [0.15, 0.2) is 0 Å². The van der Waals surface area contributed by atoms with Crippen LogP contribution in [0.2, 0.25) is 0 Å². The van der Waals surface area contributed by atoms with Gasteiger partial charge in [-0.3, -0.25) is 0 Å². The number of hydrogen-bond acceptors (Lipinski definition) is 4. The molecule has 16 rings (SSSR count). The second-order valence-electron chi connectivity index (χ2n) is 18.9. The molecule has 73 heavy (non-hydrogen) atoms. The van der Waals surface area contributed by atoms with Crippen LogP contribution < -0.4 is 0 Å². The lowest BCUT2D eigenvalue weighted by Gasteiger charge is -2.26. The van der Waals surface area contributed by atoms with Crippen molar-refractivity contribution in [1.82, 2.24) is 13.7 Å². The lowest BCUT2D eigenvalue weighted by atomic mass is 9.91. The Kier molecular flexibility index (Phi) is 8.09. The molecule has 16 aromatic rings. The first-order valence-electron chi connectivity index (χ1n) is 24.4. The zero-order valence-corrected chi connectivity index (χ0v) is 39.6. The molecule has 0 saturated heterocycles. The number of para-hydroxylation sites is 5. The van der Waals surface area contributed by atoms with Crippen molar-refractivity contribution in [2.45, 2.75) is 0 Å². The lowest BCUT2D eigenvalue weighted by Crippen LogP contribution is -2.14. The lowest BCUT2D eigenvalue weighted by molar-refractivity contribution is 0.673. The molecular weight excluding hydrogens is 911 g/mol.